The van der Waals surface area contributed by atoms with Crippen molar-refractivity contribution in [2.24, 2.45) is 5.73 Å². The number of nitrogens with zero attached hydrogens (tertiary/aromatic N) is 1. The number of nitrogens with one attached hydrogen (secondary N) is 2. The summed E-state index contributed by atoms with van der Waals surface area (Å²) in [6.07, 6.45) is 1.05. The number of rotatable bonds is 5. The fraction of sp³-hybridized carbons (Fsp3) is 0.238. The van der Waals surface area contributed by atoms with Crippen LogP contribution in [0.5, 0.6) is 0 Å². The van der Waals surface area contributed by atoms with Gasteiger partial charge in [-0.05, 0) is 48.2 Å². The number of hydrogen-bond donors (Lipinski definition) is 4. The molecule has 5 N–H and O–H groups in total. The monoisotopic (exact) mass is 486 g/mol. The zero-order valence-corrected chi connectivity index (χ0v) is 17.9. The first-order chi connectivity index (χ1) is 14.8. The van der Waals surface area contributed by atoms with E-state index < -0.39 is 29.0 Å². The molecule has 1 amide bonds. The van der Waals surface area contributed by atoms with Gasteiger partial charge < -0.3 is 21.1 Å². The highest BCUT2D eigenvalue weighted by Crippen LogP contribution is 2.32. The van der Waals surface area contributed by atoms with Crippen molar-refractivity contribution in [3.8, 4) is 0 Å². The molecule has 0 aliphatic carbocycles. The van der Waals surface area contributed by atoms with E-state index in [1.165, 1.54) is 16.7 Å². The maximum absolute atomic E-state index is 12.8. The molecule has 1 atom stereocenters. The van der Waals surface area contributed by atoms with Crippen molar-refractivity contribution in [2.45, 2.75) is 31.8 Å². The third kappa shape index (κ3) is 3.91. The SMILES string of the molecule is NCc1ccc(NC(=O)C[C@@H]2CCc3cc(Br)cc4[nH]c(=O)c(=O)n2c34)c(C(=O)O)c1. The number of benzene rings is 2. The van der Waals surface area contributed by atoms with Crippen molar-refractivity contribution in [1.82, 2.24) is 9.55 Å². The Morgan fingerprint density at radius 2 is 2.03 bits per heavy atom. The maximum Gasteiger partial charge on any atom is 0.337 e. The number of amides is 1. The molecule has 0 bridgehead atoms. The average molecular weight is 487 g/mol. The normalized spacial score (nSPS) is 15.1. The van der Waals surface area contributed by atoms with Gasteiger partial charge in [0.1, 0.15) is 0 Å². The Morgan fingerprint density at radius 1 is 1.26 bits per heavy atom. The van der Waals surface area contributed by atoms with Gasteiger partial charge in [-0.15, -0.1) is 0 Å². The second-order valence-electron chi connectivity index (χ2n) is 7.42. The first-order valence-electron chi connectivity index (χ1n) is 9.61. The van der Waals surface area contributed by atoms with Crippen LogP contribution in [0.4, 0.5) is 5.69 Å². The highest BCUT2D eigenvalue weighted by molar-refractivity contribution is 9.10. The quantitative estimate of drug-likeness (QED) is 0.406. The Labute approximate surface area is 184 Å². The van der Waals surface area contributed by atoms with Crippen LogP contribution in [0.1, 0.15) is 40.4 Å². The molecule has 1 aliphatic rings. The predicted molar refractivity (Wildman–Crippen MR) is 118 cm³/mol. The van der Waals surface area contributed by atoms with E-state index in [1.54, 1.807) is 12.1 Å². The molecule has 1 aromatic heterocycles. The Morgan fingerprint density at radius 3 is 2.74 bits per heavy atom. The summed E-state index contributed by atoms with van der Waals surface area (Å²) in [6.45, 7) is 0.174. The van der Waals surface area contributed by atoms with Gasteiger partial charge in [-0.1, -0.05) is 22.0 Å². The fourth-order valence-corrected chi connectivity index (χ4v) is 4.53. The summed E-state index contributed by atoms with van der Waals surface area (Å²) in [7, 11) is 0. The molecule has 0 fully saturated rings. The molecule has 0 radical (unpaired) electrons. The lowest BCUT2D eigenvalue weighted by atomic mass is 9.96. The van der Waals surface area contributed by atoms with E-state index in [9.17, 15) is 24.3 Å². The second kappa shape index (κ2) is 8.12. The first-order valence-corrected chi connectivity index (χ1v) is 10.4. The molecule has 3 aromatic rings. The standard InChI is InChI=1S/C21H19BrN4O5/c22-12-6-11-2-3-13(26-18(11)16(7-12)25-19(28)20(26)29)8-17(27)24-15-4-1-10(9-23)5-14(15)21(30)31/h1,4-7,13H,2-3,8-9,23H2,(H,24,27)(H,25,28)(H,30,31)/t13-/m0/s1. The summed E-state index contributed by atoms with van der Waals surface area (Å²) in [5.74, 6) is -1.64. The molecule has 4 rings (SSSR count). The van der Waals surface area contributed by atoms with Crippen LogP contribution in [0.15, 0.2) is 44.4 Å². The summed E-state index contributed by atoms with van der Waals surface area (Å²) in [5, 5.41) is 12.1. The van der Waals surface area contributed by atoms with Gasteiger partial charge in [0.15, 0.2) is 0 Å². The van der Waals surface area contributed by atoms with E-state index in [0.717, 1.165) is 10.0 Å². The van der Waals surface area contributed by atoms with Crippen molar-refractivity contribution in [2.75, 3.05) is 5.32 Å². The van der Waals surface area contributed by atoms with Crippen LogP contribution in [0.2, 0.25) is 0 Å². The summed E-state index contributed by atoms with van der Waals surface area (Å²) >= 11 is 3.41. The van der Waals surface area contributed by atoms with Gasteiger partial charge >= 0.3 is 17.1 Å². The molecule has 0 saturated carbocycles. The topological polar surface area (TPSA) is 147 Å². The smallest absolute Gasteiger partial charge is 0.337 e. The van der Waals surface area contributed by atoms with Gasteiger partial charge in [-0.25, -0.2) is 4.79 Å². The van der Waals surface area contributed by atoms with E-state index in [-0.39, 0.29) is 24.2 Å². The number of anilines is 1. The van der Waals surface area contributed by atoms with E-state index in [2.05, 4.69) is 26.2 Å². The number of aryl methyl sites for hydroxylation is 1. The zero-order chi connectivity index (χ0) is 22.3. The minimum absolute atomic E-state index is 0.0640. The minimum Gasteiger partial charge on any atom is -0.478 e. The van der Waals surface area contributed by atoms with Crippen LogP contribution in [-0.2, 0) is 17.8 Å². The van der Waals surface area contributed by atoms with Gasteiger partial charge in [-0.2, -0.15) is 0 Å². The van der Waals surface area contributed by atoms with Crippen LogP contribution in [0.25, 0.3) is 11.0 Å². The number of carboxylic acids is 1. The fourth-order valence-electron chi connectivity index (χ4n) is 4.03. The number of hydrogen-bond acceptors (Lipinski definition) is 5. The van der Waals surface area contributed by atoms with E-state index in [4.69, 9.17) is 5.73 Å². The summed E-state index contributed by atoms with van der Waals surface area (Å²) in [5.41, 5.74) is 6.83. The van der Waals surface area contributed by atoms with Crippen molar-refractivity contribution in [3.05, 3.63) is 72.2 Å². The van der Waals surface area contributed by atoms with Crippen LogP contribution in [0, 0.1) is 0 Å². The summed E-state index contributed by atoms with van der Waals surface area (Å²) < 4.78 is 2.17. The highest BCUT2D eigenvalue weighted by atomic mass is 79.9. The van der Waals surface area contributed by atoms with Crippen LogP contribution >= 0.6 is 15.9 Å². The molecule has 0 spiro atoms. The lowest BCUT2D eigenvalue weighted by Gasteiger charge is -2.27. The van der Waals surface area contributed by atoms with Gasteiger partial charge in [-0.3, -0.25) is 19.0 Å². The molecular formula is C21H19BrN4O5. The molecule has 1 aliphatic heterocycles. The van der Waals surface area contributed by atoms with E-state index in [1.807, 2.05) is 6.07 Å². The van der Waals surface area contributed by atoms with Crippen molar-refractivity contribution in [3.63, 3.8) is 0 Å². The number of H-pyrrole nitrogens is 1. The number of aromatic nitrogens is 2. The Balaban J connectivity index is 1.67. The number of carboxylic acid groups (broad SMARTS) is 1. The van der Waals surface area contributed by atoms with Crippen LogP contribution in [0.3, 0.4) is 0 Å². The summed E-state index contributed by atoms with van der Waals surface area (Å²) in [6, 6.07) is 7.64. The lowest BCUT2D eigenvalue weighted by molar-refractivity contribution is -0.117. The molecular weight excluding hydrogens is 468 g/mol. The Kier molecular flexibility index (Phi) is 5.50. The van der Waals surface area contributed by atoms with Gasteiger partial charge in [0.05, 0.1) is 22.3 Å². The van der Waals surface area contributed by atoms with Gasteiger partial charge in [0, 0.05) is 23.5 Å². The first kappa shape index (κ1) is 21.0. The van der Waals surface area contributed by atoms with Gasteiger partial charge in [0.25, 0.3) is 0 Å². The lowest BCUT2D eigenvalue weighted by Crippen LogP contribution is -2.41. The second-order valence-corrected chi connectivity index (χ2v) is 8.34. The highest BCUT2D eigenvalue weighted by Gasteiger charge is 2.27. The third-order valence-corrected chi connectivity index (χ3v) is 5.87. The Bertz CT molecular complexity index is 1340. The maximum atomic E-state index is 12.8. The molecule has 160 valence electrons. The molecule has 2 aromatic carbocycles. The molecule has 0 unspecified atom stereocenters. The van der Waals surface area contributed by atoms with Crippen molar-refractivity contribution < 1.29 is 14.7 Å². The third-order valence-electron chi connectivity index (χ3n) is 5.41. The molecule has 2 heterocycles. The number of nitrogens with two attached hydrogens (primary N) is 1. The van der Waals surface area contributed by atoms with E-state index in [0.29, 0.717) is 29.4 Å². The number of aromatic amines is 1. The number of carbonyl (C=O) groups is 2. The average Bonchev–Trinajstić information content (AvgIpc) is 2.72. The number of carbonyl (C=O) groups excluding carboxylic acids is 1. The minimum atomic E-state index is -1.18. The number of aromatic carboxylic acids is 1. The molecule has 10 heteroatoms. The Hall–Kier alpha value is -3.24. The molecule has 31 heavy (non-hydrogen) atoms. The van der Waals surface area contributed by atoms with Crippen molar-refractivity contribution in [1.29, 1.82) is 0 Å². The largest absolute Gasteiger partial charge is 0.478 e. The van der Waals surface area contributed by atoms with Gasteiger partial charge in [0.2, 0.25) is 5.91 Å². The predicted octanol–water partition coefficient (Wildman–Crippen LogP) is 2.13. The van der Waals surface area contributed by atoms with Crippen LogP contribution < -0.4 is 22.2 Å². The molecule has 0 saturated heterocycles. The zero-order valence-electron chi connectivity index (χ0n) is 16.3. The summed E-state index contributed by atoms with van der Waals surface area (Å²) in [4.78, 5) is 51.7. The van der Waals surface area contributed by atoms with Crippen LogP contribution in [-0.4, -0.2) is 26.5 Å². The van der Waals surface area contributed by atoms with Crippen molar-refractivity contribution >= 4 is 44.5 Å². The number of halogens is 1. The molecule has 9 nitrogen and oxygen atoms in total. The van der Waals surface area contributed by atoms with E-state index >= 15 is 0 Å².